The van der Waals surface area contributed by atoms with Crippen LogP contribution in [0.1, 0.15) is 26.5 Å². The molecule has 0 bridgehead atoms. The second-order valence-electron chi connectivity index (χ2n) is 5.61. The zero-order valence-corrected chi connectivity index (χ0v) is 13.5. The van der Waals surface area contributed by atoms with Crippen LogP contribution in [0.2, 0.25) is 0 Å². The molecule has 0 saturated carbocycles. The molecule has 0 aliphatic rings. The summed E-state index contributed by atoms with van der Waals surface area (Å²) in [7, 11) is -3.78. The van der Waals surface area contributed by atoms with Gasteiger partial charge in [-0.3, -0.25) is 4.72 Å². The van der Waals surface area contributed by atoms with Gasteiger partial charge in [-0.1, -0.05) is 20.8 Å². The summed E-state index contributed by atoms with van der Waals surface area (Å²) in [6.07, 6.45) is 0. The predicted octanol–water partition coefficient (Wildman–Crippen LogP) is 2.53. The van der Waals surface area contributed by atoms with Crippen molar-refractivity contribution >= 4 is 32.2 Å². The summed E-state index contributed by atoms with van der Waals surface area (Å²) in [6, 6.07) is 3.73. The lowest BCUT2D eigenvalue weighted by molar-refractivity contribution is 0.477. The molecule has 0 aliphatic heterocycles. The minimum atomic E-state index is -3.78. The number of nitrogens with two attached hydrogens (primary N) is 1. The number of phenols is 1. The van der Waals surface area contributed by atoms with Crippen molar-refractivity contribution in [2.45, 2.75) is 31.1 Å². The van der Waals surface area contributed by atoms with Gasteiger partial charge in [0.1, 0.15) is 5.75 Å². The molecule has 6 nitrogen and oxygen atoms in total. The van der Waals surface area contributed by atoms with Crippen LogP contribution in [-0.2, 0) is 15.4 Å². The maximum atomic E-state index is 12.2. The van der Waals surface area contributed by atoms with Gasteiger partial charge in [0, 0.05) is 10.8 Å². The van der Waals surface area contributed by atoms with Gasteiger partial charge in [-0.05, 0) is 18.2 Å². The van der Waals surface area contributed by atoms with Crippen molar-refractivity contribution in [2.75, 3.05) is 10.5 Å². The number of nitrogens with zero attached hydrogens (tertiary/aromatic N) is 1. The first-order valence-corrected chi connectivity index (χ1v) is 8.53. The summed E-state index contributed by atoms with van der Waals surface area (Å²) >= 11 is 1.22. The molecule has 0 atom stereocenters. The third-order valence-electron chi connectivity index (χ3n) is 2.80. The van der Waals surface area contributed by atoms with E-state index >= 15 is 0 Å². The van der Waals surface area contributed by atoms with Crippen molar-refractivity contribution < 1.29 is 13.5 Å². The first-order valence-electron chi connectivity index (χ1n) is 6.17. The molecular weight excluding hydrogens is 310 g/mol. The molecule has 0 fully saturated rings. The van der Waals surface area contributed by atoms with Crippen LogP contribution in [0.25, 0.3) is 0 Å². The van der Waals surface area contributed by atoms with Crippen LogP contribution >= 0.6 is 11.3 Å². The average Bonchev–Trinajstić information content (AvgIpc) is 2.80. The van der Waals surface area contributed by atoms with Gasteiger partial charge in [0.25, 0.3) is 10.0 Å². The van der Waals surface area contributed by atoms with Gasteiger partial charge in [0.15, 0.2) is 5.13 Å². The van der Waals surface area contributed by atoms with E-state index in [1.54, 1.807) is 0 Å². The minimum Gasteiger partial charge on any atom is -0.506 e. The fourth-order valence-corrected chi connectivity index (χ4v) is 3.76. The number of hydrogen-bond donors (Lipinski definition) is 3. The number of nitrogen functional groups attached to an aromatic ring is 1. The van der Waals surface area contributed by atoms with Gasteiger partial charge in [0.2, 0.25) is 0 Å². The van der Waals surface area contributed by atoms with Crippen molar-refractivity contribution in [1.82, 2.24) is 4.98 Å². The summed E-state index contributed by atoms with van der Waals surface area (Å²) in [5, 5.41) is 11.5. The SMILES string of the molecule is CC(C)(C)c1csc(NS(=O)(=O)c2ccc(O)c(N)c2)n1. The molecule has 8 heteroatoms. The molecule has 4 N–H and O–H groups in total. The van der Waals surface area contributed by atoms with E-state index in [4.69, 9.17) is 5.73 Å². The Balaban J connectivity index is 2.29. The quantitative estimate of drug-likeness (QED) is 0.593. The van der Waals surface area contributed by atoms with Crippen molar-refractivity contribution in [3.8, 4) is 5.75 Å². The number of benzene rings is 1. The Morgan fingerprint density at radius 1 is 1.33 bits per heavy atom. The van der Waals surface area contributed by atoms with Gasteiger partial charge < -0.3 is 10.8 Å². The predicted molar refractivity (Wildman–Crippen MR) is 84.1 cm³/mol. The fourth-order valence-electron chi connectivity index (χ4n) is 1.54. The standard InChI is InChI=1S/C13H17N3O3S2/c1-13(2,3)11-7-20-12(15-11)16-21(18,19)8-4-5-10(17)9(14)6-8/h4-7,17H,14H2,1-3H3,(H,15,16). The monoisotopic (exact) mass is 327 g/mol. The molecule has 0 saturated heterocycles. The number of sulfonamides is 1. The minimum absolute atomic E-state index is 0.00685. The molecule has 0 aliphatic carbocycles. The van der Waals surface area contributed by atoms with E-state index in [9.17, 15) is 13.5 Å². The molecule has 2 aromatic rings. The highest BCUT2D eigenvalue weighted by Crippen LogP contribution is 2.29. The Morgan fingerprint density at radius 2 is 2.00 bits per heavy atom. The number of hydrogen-bond acceptors (Lipinski definition) is 6. The smallest absolute Gasteiger partial charge is 0.263 e. The maximum Gasteiger partial charge on any atom is 0.263 e. The first-order chi connectivity index (χ1) is 9.59. The lowest BCUT2D eigenvalue weighted by Gasteiger charge is -2.14. The van der Waals surface area contributed by atoms with E-state index < -0.39 is 10.0 Å². The molecule has 114 valence electrons. The number of aromatic hydroxyl groups is 1. The zero-order chi connectivity index (χ0) is 15.8. The Bertz CT molecular complexity index is 761. The lowest BCUT2D eigenvalue weighted by Crippen LogP contribution is -2.15. The van der Waals surface area contributed by atoms with Crippen LogP contribution in [-0.4, -0.2) is 18.5 Å². The van der Waals surface area contributed by atoms with E-state index in [0.29, 0.717) is 5.13 Å². The topological polar surface area (TPSA) is 105 Å². The highest BCUT2D eigenvalue weighted by Gasteiger charge is 2.21. The Morgan fingerprint density at radius 3 is 2.52 bits per heavy atom. The van der Waals surface area contributed by atoms with Crippen LogP contribution in [0.15, 0.2) is 28.5 Å². The van der Waals surface area contributed by atoms with Crippen LogP contribution in [0, 0.1) is 0 Å². The van der Waals surface area contributed by atoms with Crippen LogP contribution < -0.4 is 10.5 Å². The van der Waals surface area contributed by atoms with Crippen LogP contribution in [0.3, 0.4) is 0 Å². The number of nitrogens with one attached hydrogen (secondary N) is 1. The summed E-state index contributed by atoms with van der Waals surface area (Å²) in [5.41, 5.74) is 6.19. The Kier molecular flexibility index (Phi) is 3.85. The van der Waals surface area contributed by atoms with Crippen molar-refractivity contribution in [3.05, 3.63) is 29.3 Å². The molecule has 21 heavy (non-hydrogen) atoms. The van der Waals surface area contributed by atoms with E-state index in [2.05, 4.69) is 9.71 Å². The third-order valence-corrected chi connectivity index (χ3v) is 5.03. The van der Waals surface area contributed by atoms with Crippen LogP contribution in [0.4, 0.5) is 10.8 Å². The van der Waals surface area contributed by atoms with E-state index in [0.717, 1.165) is 5.69 Å². The van der Waals surface area contributed by atoms with Crippen molar-refractivity contribution in [2.24, 2.45) is 0 Å². The lowest BCUT2D eigenvalue weighted by atomic mass is 9.93. The molecule has 2 rings (SSSR count). The molecule has 0 radical (unpaired) electrons. The average molecular weight is 327 g/mol. The van der Waals surface area contributed by atoms with Gasteiger partial charge in [-0.2, -0.15) is 0 Å². The largest absolute Gasteiger partial charge is 0.506 e. The number of anilines is 2. The number of phenolic OH excluding ortho intramolecular Hbond substituents is 1. The molecule has 1 aromatic heterocycles. The third kappa shape index (κ3) is 3.45. The van der Waals surface area contributed by atoms with E-state index in [1.165, 1.54) is 29.5 Å². The number of rotatable bonds is 3. The Labute approximate surface area is 127 Å². The zero-order valence-electron chi connectivity index (χ0n) is 11.9. The van der Waals surface area contributed by atoms with Gasteiger partial charge in [-0.25, -0.2) is 13.4 Å². The summed E-state index contributed by atoms with van der Waals surface area (Å²) in [6.45, 7) is 6.00. The highest BCUT2D eigenvalue weighted by molar-refractivity contribution is 7.93. The Hall–Kier alpha value is -1.80. The van der Waals surface area contributed by atoms with Crippen molar-refractivity contribution in [1.29, 1.82) is 0 Å². The molecule has 1 aromatic carbocycles. The fraction of sp³-hybridized carbons (Fsp3) is 0.308. The van der Waals surface area contributed by atoms with Crippen molar-refractivity contribution in [3.63, 3.8) is 0 Å². The summed E-state index contributed by atoms with van der Waals surface area (Å²) < 4.78 is 26.9. The second kappa shape index (κ2) is 5.19. The van der Waals surface area contributed by atoms with E-state index in [-0.39, 0.29) is 21.7 Å². The van der Waals surface area contributed by atoms with Gasteiger partial charge >= 0.3 is 0 Å². The molecule has 0 amide bonds. The summed E-state index contributed by atoms with van der Waals surface area (Å²) in [5.74, 6) is -0.154. The molecule has 0 unspecified atom stereocenters. The number of thiazole rings is 1. The maximum absolute atomic E-state index is 12.2. The first kappa shape index (κ1) is 15.6. The van der Waals surface area contributed by atoms with Crippen LogP contribution in [0.5, 0.6) is 5.75 Å². The molecule has 0 spiro atoms. The number of aromatic nitrogens is 1. The normalized spacial score (nSPS) is 12.3. The van der Waals surface area contributed by atoms with Gasteiger partial charge in [-0.15, -0.1) is 11.3 Å². The second-order valence-corrected chi connectivity index (χ2v) is 8.15. The molecule has 1 heterocycles. The summed E-state index contributed by atoms with van der Waals surface area (Å²) in [4.78, 5) is 4.26. The van der Waals surface area contributed by atoms with E-state index in [1.807, 2.05) is 26.2 Å². The van der Waals surface area contributed by atoms with Gasteiger partial charge in [0.05, 0.1) is 16.3 Å². The molecular formula is C13H17N3O3S2. The highest BCUT2D eigenvalue weighted by atomic mass is 32.2.